The Morgan fingerprint density at radius 1 is 1.13 bits per heavy atom. The lowest BCUT2D eigenvalue weighted by Crippen LogP contribution is -2.03. The molecule has 3 rings (SSSR count). The molecule has 2 aromatic carbocycles. The number of H-pyrrole nitrogens is 1. The summed E-state index contributed by atoms with van der Waals surface area (Å²) in [7, 11) is 0. The first kappa shape index (κ1) is 14.8. The number of nitrogens with one attached hydrogen (secondary N) is 1. The van der Waals surface area contributed by atoms with Gasteiger partial charge in [0.15, 0.2) is 5.75 Å². The van der Waals surface area contributed by atoms with Gasteiger partial charge in [-0.1, -0.05) is 42.5 Å². The number of carbonyl (C=O) groups is 1. The lowest BCUT2D eigenvalue weighted by atomic mass is 10.1. The monoisotopic (exact) mass is 312 g/mol. The Balaban J connectivity index is 1.98. The summed E-state index contributed by atoms with van der Waals surface area (Å²) in [4.78, 5) is 11.3. The standard InChI is InChI=1S/C17H13FN2O3/c18-13-9-5-4-8-12(13)14-16(15(17(21)22)20-19-14)23-10-11-6-2-1-3-7-11/h1-9H,10H2,(H,19,20)(H,21,22). The third-order valence-corrected chi connectivity index (χ3v) is 3.29. The molecule has 0 atom stereocenters. The number of hydrogen-bond donors (Lipinski definition) is 2. The SMILES string of the molecule is O=C(O)c1n[nH]c(-c2ccccc2F)c1OCc1ccccc1. The van der Waals surface area contributed by atoms with Crippen LogP contribution in [-0.2, 0) is 6.61 Å². The number of benzene rings is 2. The van der Waals surface area contributed by atoms with E-state index in [2.05, 4.69) is 10.2 Å². The molecule has 1 aromatic heterocycles. The van der Waals surface area contributed by atoms with E-state index in [1.165, 1.54) is 12.1 Å². The van der Waals surface area contributed by atoms with Gasteiger partial charge in [0.2, 0.25) is 5.69 Å². The molecule has 0 amide bonds. The second-order valence-electron chi connectivity index (χ2n) is 4.84. The van der Waals surface area contributed by atoms with Crippen LogP contribution in [0.2, 0.25) is 0 Å². The number of hydrogen-bond acceptors (Lipinski definition) is 3. The zero-order chi connectivity index (χ0) is 16.2. The molecule has 0 aliphatic heterocycles. The number of carboxylic acids is 1. The smallest absolute Gasteiger partial charge is 0.360 e. The Morgan fingerprint density at radius 3 is 2.52 bits per heavy atom. The van der Waals surface area contributed by atoms with Gasteiger partial charge in [-0.3, -0.25) is 5.10 Å². The van der Waals surface area contributed by atoms with E-state index in [1.807, 2.05) is 30.3 Å². The summed E-state index contributed by atoms with van der Waals surface area (Å²) < 4.78 is 19.6. The van der Waals surface area contributed by atoms with Gasteiger partial charge in [0, 0.05) is 5.56 Å². The van der Waals surface area contributed by atoms with Crippen molar-refractivity contribution in [1.29, 1.82) is 0 Å². The van der Waals surface area contributed by atoms with Crippen molar-refractivity contribution in [3.05, 3.63) is 71.7 Å². The fourth-order valence-electron chi connectivity index (χ4n) is 2.19. The maximum atomic E-state index is 14.0. The average Bonchev–Trinajstić information content (AvgIpc) is 2.98. The highest BCUT2D eigenvalue weighted by Crippen LogP contribution is 2.33. The Morgan fingerprint density at radius 2 is 1.83 bits per heavy atom. The molecule has 2 N–H and O–H groups in total. The summed E-state index contributed by atoms with van der Waals surface area (Å²) in [5.74, 6) is -1.71. The van der Waals surface area contributed by atoms with Gasteiger partial charge >= 0.3 is 5.97 Å². The van der Waals surface area contributed by atoms with E-state index in [4.69, 9.17) is 4.74 Å². The molecule has 23 heavy (non-hydrogen) atoms. The predicted molar refractivity (Wildman–Crippen MR) is 81.7 cm³/mol. The number of aromatic nitrogens is 2. The fourth-order valence-corrected chi connectivity index (χ4v) is 2.19. The summed E-state index contributed by atoms with van der Waals surface area (Å²) in [5, 5.41) is 15.5. The van der Waals surface area contributed by atoms with Crippen LogP contribution in [-0.4, -0.2) is 21.3 Å². The highest BCUT2D eigenvalue weighted by Gasteiger charge is 2.23. The van der Waals surface area contributed by atoms with E-state index in [0.29, 0.717) is 0 Å². The van der Waals surface area contributed by atoms with Crippen LogP contribution in [0.15, 0.2) is 54.6 Å². The van der Waals surface area contributed by atoms with Crippen LogP contribution in [0.4, 0.5) is 4.39 Å². The van der Waals surface area contributed by atoms with Crippen molar-refractivity contribution in [3.8, 4) is 17.0 Å². The van der Waals surface area contributed by atoms with Crippen LogP contribution in [0.25, 0.3) is 11.3 Å². The van der Waals surface area contributed by atoms with Crippen molar-refractivity contribution >= 4 is 5.97 Å². The first-order valence-corrected chi connectivity index (χ1v) is 6.90. The fraction of sp³-hybridized carbons (Fsp3) is 0.0588. The van der Waals surface area contributed by atoms with E-state index >= 15 is 0 Å². The maximum absolute atomic E-state index is 14.0. The van der Waals surface area contributed by atoms with E-state index in [0.717, 1.165) is 5.56 Å². The summed E-state index contributed by atoms with van der Waals surface area (Å²) in [6.07, 6.45) is 0. The van der Waals surface area contributed by atoms with E-state index < -0.39 is 11.8 Å². The van der Waals surface area contributed by atoms with E-state index in [9.17, 15) is 14.3 Å². The van der Waals surface area contributed by atoms with E-state index in [1.54, 1.807) is 12.1 Å². The number of aromatic carboxylic acids is 1. The topological polar surface area (TPSA) is 75.2 Å². The lowest BCUT2D eigenvalue weighted by molar-refractivity contribution is 0.0685. The molecule has 0 spiro atoms. The van der Waals surface area contributed by atoms with Gasteiger partial charge in [-0.15, -0.1) is 0 Å². The van der Waals surface area contributed by atoms with E-state index in [-0.39, 0.29) is 29.3 Å². The number of aromatic amines is 1. The number of carboxylic acid groups (broad SMARTS) is 1. The predicted octanol–water partition coefficient (Wildman–Crippen LogP) is 3.49. The molecule has 0 radical (unpaired) electrons. The van der Waals surface area contributed by atoms with Gasteiger partial charge in [-0.25, -0.2) is 9.18 Å². The molecule has 5 nitrogen and oxygen atoms in total. The minimum atomic E-state index is -1.24. The maximum Gasteiger partial charge on any atom is 0.360 e. The molecular weight excluding hydrogens is 299 g/mol. The average molecular weight is 312 g/mol. The molecule has 0 fully saturated rings. The Labute approximate surface area is 131 Å². The van der Waals surface area contributed by atoms with Crippen molar-refractivity contribution in [2.45, 2.75) is 6.61 Å². The largest absolute Gasteiger partial charge is 0.484 e. The van der Waals surface area contributed by atoms with Gasteiger partial charge in [-0.05, 0) is 17.7 Å². The lowest BCUT2D eigenvalue weighted by Gasteiger charge is -2.08. The third kappa shape index (κ3) is 3.06. The van der Waals surface area contributed by atoms with Crippen molar-refractivity contribution < 1.29 is 19.0 Å². The second kappa shape index (κ2) is 6.31. The molecule has 6 heteroatoms. The molecule has 0 unspecified atom stereocenters. The Hall–Kier alpha value is -3.15. The minimum absolute atomic E-state index is 0.0199. The minimum Gasteiger partial charge on any atom is -0.484 e. The van der Waals surface area contributed by atoms with Crippen molar-refractivity contribution in [3.63, 3.8) is 0 Å². The van der Waals surface area contributed by atoms with Gasteiger partial charge in [0.1, 0.15) is 18.1 Å². The van der Waals surface area contributed by atoms with Gasteiger partial charge in [0.05, 0.1) is 0 Å². The summed E-state index contributed by atoms with van der Waals surface area (Å²) in [6, 6.07) is 15.3. The summed E-state index contributed by atoms with van der Waals surface area (Å²) in [6.45, 7) is 0.155. The Kier molecular flexibility index (Phi) is 4.05. The Bertz CT molecular complexity index is 831. The zero-order valence-corrected chi connectivity index (χ0v) is 12.0. The third-order valence-electron chi connectivity index (χ3n) is 3.29. The highest BCUT2D eigenvalue weighted by molar-refractivity contribution is 5.91. The molecule has 0 aliphatic carbocycles. The molecule has 1 heterocycles. The first-order chi connectivity index (χ1) is 11.2. The molecular formula is C17H13FN2O3. The van der Waals surface area contributed by atoms with Crippen molar-refractivity contribution in [2.24, 2.45) is 0 Å². The molecule has 0 bridgehead atoms. The number of halogens is 1. The van der Waals surface area contributed by atoms with Gasteiger partial charge in [-0.2, -0.15) is 5.10 Å². The van der Waals surface area contributed by atoms with Crippen LogP contribution < -0.4 is 4.74 Å². The molecule has 3 aromatic rings. The first-order valence-electron chi connectivity index (χ1n) is 6.90. The summed E-state index contributed by atoms with van der Waals surface area (Å²) in [5.41, 5.74) is 0.996. The van der Waals surface area contributed by atoms with Gasteiger partial charge < -0.3 is 9.84 Å². The van der Waals surface area contributed by atoms with Crippen LogP contribution in [0.3, 0.4) is 0 Å². The molecule has 0 saturated heterocycles. The highest BCUT2D eigenvalue weighted by atomic mass is 19.1. The number of ether oxygens (including phenoxy) is 1. The second-order valence-corrected chi connectivity index (χ2v) is 4.84. The van der Waals surface area contributed by atoms with Gasteiger partial charge in [0.25, 0.3) is 0 Å². The van der Waals surface area contributed by atoms with Crippen LogP contribution in [0.1, 0.15) is 16.1 Å². The molecule has 0 aliphatic rings. The van der Waals surface area contributed by atoms with Crippen LogP contribution in [0, 0.1) is 5.82 Å². The quantitative estimate of drug-likeness (QED) is 0.756. The number of rotatable bonds is 5. The van der Waals surface area contributed by atoms with Crippen LogP contribution in [0.5, 0.6) is 5.75 Å². The zero-order valence-electron chi connectivity index (χ0n) is 12.0. The van der Waals surface area contributed by atoms with Crippen molar-refractivity contribution in [2.75, 3.05) is 0 Å². The van der Waals surface area contributed by atoms with Crippen molar-refractivity contribution in [1.82, 2.24) is 10.2 Å². The normalized spacial score (nSPS) is 10.5. The molecule has 116 valence electrons. The number of nitrogens with zero attached hydrogens (tertiary/aromatic N) is 1. The molecule has 0 saturated carbocycles. The summed E-state index contributed by atoms with van der Waals surface area (Å²) >= 11 is 0. The van der Waals surface area contributed by atoms with Crippen LogP contribution >= 0.6 is 0 Å².